The highest BCUT2D eigenvalue weighted by Gasteiger charge is 2.43. The predicted molar refractivity (Wildman–Crippen MR) is 134 cm³/mol. The van der Waals surface area contributed by atoms with Crippen LogP contribution in [0.2, 0.25) is 0 Å². The van der Waals surface area contributed by atoms with Gasteiger partial charge in [0.2, 0.25) is 22.9 Å². The molecule has 1 aromatic heterocycles. The van der Waals surface area contributed by atoms with Crippen molar-refractivity contribution in [3.8, 4) is 0 Å². The maximum Gasteiger partial charge on any atom is 0.326 e. The second kappa shape index (κ2) is 14.1. The van der Waals surface area contributed by atoms with Crippen molar-refractivity contribution in [2.45, 2.75) is 97.4 Å². The summed E-state index contributed by atoms with van der Waals surface area (Å²) in [7, 11) is 0. The maximum absolute atomic E-state index is 13.3. The molecule has 0 saturated heterocycles. The molecule has 10 nitrogen and oxygen atoms in total. The molecule has 1 heterocycles. The minimum atomic E-state index is -1.06. The molecule has 2 rings (SSSR count). The number of amides is 3. The van der Waals surface area contributed by atoms with Crippen LogP contribution in [0.3, 0.4) is 0 Å². The van der Waals surface area contributed by atoms with E-state index in [1.54, 1.807) is 0 Å². The zero-order chi connectivity index (χ0) is 25.8. The van der Waals surface area contributed by atoms with E-state index >= 15 is 0 Å². The van der Waals surface area contributed by atoms with Crippen LogP contribution in [0.4, 0.5) is 5.13 Å². The molecule has 1 aliphatic carbocycles. The van der Waals surface area contributed by atoms with Crippen LogP contribution in [-0.2, 0) is 25.6 Å². The van der Waals surface area contributed by atoms with E-state index in [-0.39, 0.29) is 23.6 Å². The summed E-state index contributed by atoms with van der Waals surface area (Å²) in [5, 5.41) is 27.0. The first kappa shape index (κ1) is 28.7. The zero-order valence-corrected chi connectivity index (χ0v) is 21.8. The molecule has 11 heteroatoms. The van der Waals surface area contributed by atoms with E-state index in [4.69, 9.17) is 0 Å². The molecule has 0 spiro atoms. The molecule has 1 saturated carbocycles. The molecule has 0 radical (unpaired) electrons. The smallest absolute Gasteiger partial charge is 0.326 e. The van der Waals surface area contributed by atoms with Crippen LogP contribution in [0.5, 0.6) is 0 Å². The third-order valence-electron chi connectivity index (χ3n) is 6.57. The molecule has 0 aliphatic heterocycles. The lowest BCUT2D eigenvalue weighted by Gasteiger charge is -2.31. The average Bonchev–Trinajstić information content (AvgIpc) is 3.47. The lowest BCUT2D eigenvalue weighted by molar-refractivity contribution is -0.141. The van der Waals surface area contributed by atoms with Gasteiger partial charge in [-0.25, -0.2) is 4.79 Å². The lowest BCUT2D eigenvalue weighted by atomic mass is 9.75. The van der Waals surface area contributed by atoms with Gasteiger partial charge in [-0.05, 0) is 51.4 Å². The van der Waals surface area contributed by atoms with Crippen LogP contribution < -0.4 is 16.0 Å². The molecule has 2 atom stereocenters. The topological polar surface area (TPSA) is 150 Å². The largest absolute Gasteiger partial charge is 0.480 e. The minimum Gasteiger partial charge on any atom is -0.480 e. The third kappa shape index (κ3) is 8.87. The first-order valence-electron chi connectivity index (χ1n) is 12.6. The minimum absolute atomic E-state index is 0.0234. The zero-order valence-electron chi connectivity index (χ0n) is 21.0. The number of carbonyl (C=O) groups is 4. The first-order chi connectivity index (χ1) is 16.7. The van der Waals surface area contributed by atoms with Gasteiger partial charge < -0.3 is 21.1 Å². The fraction of sp³-hybridized carbons (Fsp3) is 0.750. The molecule has 35 heavy (non-hydrogen) atoms. The summed E-state index contributed by atoms with van der Waals surface area (Å²) in [6, 6.07) is -0.917. The molecular weight excluding hydrogens is 470 g/mol. The number of rotatable bonds is 15. The normalized spacial score (nSPS) is 16.3. The Hall–Kier alpha value is -2.56. The fourth-order valence-electron chi connectivity index (χ4n) is 4.74. The van der Waals surface area contributed by atoms with Crippen molar-refractivity contribution < 1.29 is 24.3 Å². The monoisotopic (exact) mass is 509 g/mol. The van der Waals surface area contributed by atoms with Gasteiger partial charge in [-0.3, -0.25) is 14.4 Å². The van der Waals surface area contributed by atoms with Crippen molar-refractivity contribution in [2.75, 3.05) is 11.9 Å². The van der Waals surface area contributed by atoms with Crippen molar-refractivity contribution in [3.63, 3.8) is 0 Å². The van der Waals surface area contributed by atoms with Crippen LogP contribution in [0.15, 0.2) is 0 Å². The van der Waals surface area contributed by atoms with E-state index in [0.717, 1.165) is 43.5 Å². The van der Waals surface area contributed by atoms with Crippen molar-refractivity contribution >= 4 is 40.2 Å². The Labute approximate surface area is 211 Å². The number of nitrogens with zero attached hydrogens (tertiary/aromatic N) is 2. The number of carboxylic acids is 1. The highest BCUT2D eigenvalue weighted by molar-refractivity contribution is 7.15. The summed E-state index contributed by atoms with van der Waals surface area (Å²) in [5.41, 5.74) is -0.563. The third-order valence-corrected chi connectivity index (χ3v) is 7.55. The van der Waals surface area contributed by atoms with Crippen molar-refractivity contribution in [3.05, 3.63) is 5.01 Å². The SMILES string of the molecule is CCC[C@H](CC1(C(=O)NCCCC[C@H](NC(C)=O)C(=O)O)CCCC1)C(=O)Nc1nnc(CC)s1. The molecule has 1 aromatic rings. The number of hydrogen-bond acceptors (Lipinski definition) is 7. The highest BCUT2D eigenvalue weighted by atomic mass is 32.1. The summed E-state index contributed by atoms with van der Waals surface area (Å²) in [6.45, 7) is 5.75. The number of anilines is 1. The van der Waals surface area contributed by atoms with E-state index in [1.165, 1.54) is 18.3 Å². The summed E-state index contributed by atoms with van der Waals surface area (Å²) in [6.07, 6.45) is 7.71. The van der Waals surface area contributed by atoms with Gasteiger partial charge in [0.05, 0.1) is 0 Å². The van der Waals surface area contributed by atoms with Gasteiger partial charge in [0, 0.05) is 24.8 Å². The molecular formula is C24H39N5O5S. The summed E-state index contributed by atoms with van der Waals surface area (Å²) in [5.74, 6) is -1.86. The number of carbonyl (C=O) groups excluding carboxylic acids is 3. The second-order valence-corrected chi connectivity index (χ2v) is 10.4. The van der Waals surface area contributed by atoms with E-state index in [0.29, 0.717) is 43.8 Å². The molecule has 1 aliphatic rings. The van der Waals surface area contributed by atoms with Gasteiger partial charge in [-0.15, -0.1) is 10.2 Å². The number of aliphatic carboxylic acids is 1. The fourth-order valence-corrected chi connectivity index (χ4v) is 5.42. The lowest BCUT2D eigenvalue weighted by Crippen LogP contribution is -2.42. The predicted octanol–water partition coefficient (Wildman–Crippen LogP) is 3.28. The number of unbranched alkanes of at least 4 members (excludes halogenated alkanes) is 1. The number of aryl methyl sites for hydroxylation is 1. The molecule has 0 unspecified atom stereocenters. The van der Waals surface area contributed by atoms with Gasteiger partial charge in [-0.1, -0.05) is 44.4 Å². The average molecular weight is 510 g/mol. The molecule has 4 N–H and O–H groups in total. The molecule has 0 aromatic carbocycles. The number of nitrogens with one attached hydrogen (secondary N) is 3. The standard InChI is InChI=1S/C24H39N5O5S/c1-4-10-17(20(31)27-23-29-28-19(5-2)35-23)15-24(12-7-8-13-24)22(34)25-14-9-6-11-18(21(32)33)26-16(3)30/h17-18H,4-15H2,1-3H3,(H,25,34)(H,26,30)(H,32,33)(H,27,29,31)/t17-,18+/m1/s1. The van der Waals surface area contributed by atoms with Gasteiger partial charge in [-0.2, -0.15) is 0 Å². The summed E-state index contributed by atoms with van der Waals surface area (Å²) < 4.78 is 0. The van der Waals surface area contributed by atoms with Crippen LogP contribution in [-0.4, -0.2) is 51.6 Å². The Bertz CT molecular complexity index is 868. The van der Waals surface area contributed by atoms with E-state index in [9.17, 15) is 24.3 Å². The second-order valence-electron chi connectivity index (χ2n) is 9.36. The van der Waals surface area contributed by atoms with Crippen LogP contribution >= 0.6 is 11.3 Å². The Kier molecular flexibility index (Phi) is 11.6. The quantitative estimate of drug-likeness (QED) is 0.265. The van der Waals surface area contributed by atoms with E-state index < -0.39 is 17.4 Å². The Morgan fingerprint density at radius 2 is 1.80 bits per heavy atom. The Morgan fingerprint density at radius 3 is 2.37 bits per heavy atom. The summed E-state index contributed by atoms with van der Waals surface area (Å²) in [4.78, 5) is 48.7. The molecule has 3 amide bonds. The van der Waals surface area contributed by atoms with Crippen molar-refractivity contribution in [1.29, 1.82) is 0 Å². The van der Waals surface area contributed by atoms with Crippen molar-refractivity contribution in [2.24, 2.45) is 11.3 Å². The molecule has 1 fully saturated rings. The number of hydrogen-bond donors (Lipinski definition) is 4. The van der Waals surface area contributed by atoms with Crippen LogP contribution in [0.1, 0.15) is 90.0 Å². The maximum atomic E-state index is 13.3. The molecule has 0 bridgehead atoms. The van der Waals surface area contributed by atoms with Gasteiger partial charge >= 0.3 is 5.97 Å². The van der Waals surface area contributed by atoms with Crippen LogP contribution in [0, 0.1) is 11.3 Å². The first-order valence-corrected chi connectivity index (χ1v) is 13.4. The molecule has 196 valence electrons. The Morgan fingerprint density at radius 1 is 1.09 bits per heavy atom. The Balaban J connectivity index is 1.92. The van der Waals surface area contributed by atoms with Crippen LogP contribution in [0.25, 0.3) is 0 Å². The number of aromatic nitrogens is 2. The van der Waals surface area contributed by atoms with Gasteiger partial charge in [0.1, 0.15) is 11.0 Å². The summed E-state index contributed by atoms with van der Waals surface area (Å²) >= 11 is 1.37. The highest BCUT2D eigenvalue weighted by Crippen LogP contribution is 2.44. The van der Waals surface area contributed by atoms with E-state index in [2.05, 4.69) is 26.1 Å². The number of carboxylic acid groups (broad SMARTS) is 1. The van der Waals surface area contributed by atoms with E-state index in [1.807, 2.05) is 13.8 Å². The van der Waals surface area contributed by atoms with Gasteiger partial charge in [0.25, 0.3) is 0 Å². The van der Waals surface area contributed by atoms with Crippen molar-refractivity contribution in [1.82, 2.24) is 20.8 Å². The van der Waals surface area contributed by atoms with Gasteiger partial charge in [0.15, 0.2) is 0 Å².